The number of carbonyl (C=O) groups is 6. The highest BCUT2D eigenvalue weighted by molar-refractivity contribution is 5.96. The Bertz CT molecular complexity index is 710. The molecule has 0 bridgehead atoms. The van der Waals surface area contributed by atoms with Gasteiger partial charge in [0.1, 0.15) is 12.1 Å². The third-order valence-corrected chi connectivity index (χ3v) is 4.06. The van der Waals surface area contributed by atoms with Gasteiger partial charge in [-0.05, 0) is 12.8 Å². The summed E-state index contributed by atoms with van der Waals surface area (Å²) in [6.07, 6.45) is -2.85. The second kappa shape index (κ2) is 12.4. The van der Waals surface area contributed by atoms with E-state index in [0.29, 0.717) is 0 Å². The molecule has 0 rings (SSSR count). The molecule has 0 radical (unpaired) electrons. The van der Waals surface area contributed by atoms with Crippen LogP contribution in [0.15, 0.2) is 0 Å². The van der Waals surface area contributed by atoms with Crippen LogP contribution in [0, 0.1) is 5.92 Å². The number of hydrogen-bond donors (Lipinski definition) is 8. The van der Waals surface area contributed by atoms with Crippen molar-refractivity contribution in [2.24, 2.45) is 17.4 Å². The normalized spacial score (nSPS) is 15.7. The van der Waals surface area contributed by atoms with Crippen LogP contribution in [-0.2, 0) is 28.8 Å². The molecule has 176 valence electrons. The Morgan fingerprint density at radius 1 is 0.806 bits per heavy atom. The molecule has 0 saturated heterocycles. The summed E-state index contributed by atoms with van der Waals surface area (Å²) in [7, 11) is 0. The number of amides is 4. The van der Waals surface area contributed by atoms with Gasteiger partial charge in [0.15, 0.2) is 6.04 Å². The van der Waals surface area contributed by atoms with E-state index in [1.165, 1.54) is 0 Å². The molecule has 0 heterocycles. The molecule has 0 aliphatic rings. The van der Waals surface area contributed by atoms with Crippen molar-refractivity contribution in [3.8, 4) is 0 Å². The van der Waals surface area contributed by atoms with Crippen LogP contribution >= 0.6 is 0 Å². The minimum absolute atomic E-state index is 0.539. The van der Waals surface area contributed by atoms with Gasteiger partial charge in [0, 0.05) is 0 Å². The highest BCUT2D eigenvalue weighted by Gasteiger charge is 2.33. The van der Waals surface area contributed by atoms with Crippen molar-refractivity contribution in [3.05, 3.63) is 0 Å². The predicted molar refractivity (Wildman–Crippen MR) is 104 cm³/mol. The molecule has 31 heavy (non-hydrogen) atoms. The van der Waals surface area contributed by atoms with Gasteiger partial charge in [0.05, 0.1) is 25.0 Å². The minimum Gasteiger partial charge on any atom is -0.481 e. The van der Waals surface area contributed by atoms with Crippen LogP contribution in [0.5, 0.6) is 0 Å². The van der Waals surface area contributed by atoms with Crippen molar-refractivity contribution in [3.63, 3.8) is 0 Å². The summed E-state index contributed by atoms with van der Waals surface area (Å²) in [5, 5.41) is 33.7. The summed E-state index contributed by atoms with van der Waals surface area (Å²) in [6.45, 7) is 4.21. The molecule has 0 aliphatic carbocycles. The topological polar surface area (TPSA) is 251 Å². The Morgan fingerprint density at radius 3 is 1.71 bits per heavy atom. The number of aliphatic hydroxyl groups excluding tert-OH is 1. The van der Waals surface area contributed by atoms with Gasteiger partial charge in [-0.15, -0.1) is 0 Å². The van der Waals surface area contributed by atoms with Crippen molar-refractivity contribution >= 4 is 35.6 Å². The molecule has 0 aliphatic heterocycles. The summed E-state index contributed by atoms with van der Waals surface area (Å²) in [6, 6.07) is -6.01. The zero-order valence-corrected chi connectivity index (χ0v) is 17.3. The average Bonchev–Trinajstić information content (AvgIpc) is 2.60. The van der Waals surface area contributed by atoms with Crippen molar-refractivity contribution in [1.29, 1.82) is 0 Å². The maximum absolute atomic E-state index is 12.6. The van der Waals surface area contributed by atoms with Gasteiger partial charge in [0.2, 0.25) is 23.6 Å². The van der Waals surface area contributed by atoms with Gasteiger partial charge < -0.3 is 42.7 Å². The first kappa shape index (κ1) is 27.7. The standard InChI is InChI=1S/C17H29N5O9/c1-6(2)12(21-14(27)8(18)4-11(25)26)16(29)20-9(5-10(19)24)15(28)22-13(7(3)23)17(30)31/h6-9,12-13,23H,4-5,18H2,1-3H3,(H2,19,24)(H,20,29)(H,21,27)(H,22,28)(H,25,26)(H,30,31). The van der Waals surface area contributed by atoms with Crippen molar-refractivity contribution in [2.75, 3.05) is 0 Å². The van der Waals surface area contributed by atoms with Crippen LogP contribution in [0.1, 0.15) is 33.6 Å². The highest BCUT2D eigenvalue weighted by Crippen LogP contribution is 2.05. The van der Waals surface area contributed by atoms with E-state index < -0.39 is 84.6 Å². The second-order valence-electron chi connectivity index (χ2n) is 7.23. The quantitative estimate of drug-likeness (QED) is 0.137. The third kappa shape index (κ3) is 9.86. The second-order valence-corrected chi connectivity index (χ2v) is 7.23. The lowest BCUT2D eigenvalue weighted by atomic mass is 10.0. The van der Waals surface area contributed by atoms with E-state index >= 15 is 0 Å². The maximum Gasteiger partial charge on any atom is 0.328 e. The summed E-state index contributed by atoms with van der Waals surface area (Å²) >= 11 is 0. The van der Waals surface area contributed by atoms with Gasteiger partial charge in [-0.25, -0.2) is 4.79 Å². The van der Waals surface area contributed by atoms with Crippen molar-refractivity contribution < 1.29 is 44.1 Å². The Labute approximate surface area is 177 Å². The Kier molecular flexibility index (Phi) is 11.1. The summed E-state index contributed by atoms with van der Waals surface area (Å²) in [5.41, 5.74) is 10.5. The number of aliphatic hydroxyl groups is 1. The highest BCUT2D eigenvalue weighted by atomic mass is 16.4. The average molecular weight is 447 g/mol. The number of rotatable bonds is 13. The number of carboxylic acids is 2. The fourth-order valence-corrected chi connectivity index (χ4v) is 2.39. The van der Waals surface area contributed by atoms with Gasteiger partial charge in [0.25, 0.3) is 0 Å². The fraction of sp³-hybridized carbons (Fsp3) is 0.647. The summed E-state index contributed by atoms with van der Waals surface area (Å²) < 4.78 is 0. The molecule has 10 N–H and O–H groups in total. The summed E-state index contributed by atoms with van der Waals surface area (Å²) in [4.78, 5) is 70.2. The molecule has 0 fully saturated rings. The van der Waals surface area contributed by atoms with Gasteiger partial charge in [-0.2, -0.15) is 0 Å². The smallest absolute Gasteiger partial charge is 0.328 e. The first-order valence-electron chi connectivity index (χ1n) is 9.25. The number of aliphatic carboxylic acids is 2. The molecular formula is C17H29N5O9. The number of nitrogens with two attached hydrogens (primary N) is 2. The van der Waals surface area contributed by atoms with Crippen LogP contribution < -0.4 is 27.4 Å². The zero-order valence-electron chi connectivity index (χ0n) is 17.3. The van der Waals surface area contributed by atoms with E-state index in [1.54, 1.807) is 13.8 Å². The molecule has 14 nitrogen and oxygen atoms in total. The van der Waals surface area contributed by atoms with Crippen molar-refractivity contribution in [1.82, 2.24) is 16.0 Å². The predicted octanol–water partition coefficient (Wildman–Crippen LogP) is -3.76. The first-order chi connectivity index (χ1) is 14.2. The largest absolute Gasteiger partial charge is 0.481 e. The number of carboxylic acid groups (broad SMARTS) is 2. The Morgan fingerprint density at radius 2 is 1.32 bits per heavy atom. The van der Waals surface area contributed by atoms with Gasteiger partial charge in [-0.3, -0.25) is 24.0 Å². The lowest BCUT2D eigenvalue weighted by Crippen LogP contribution is -2.59. The molecule has 0 saturated carbocycles. The van der Waals surface area contributed by atoms with E-state index in [-0.39, 0.29) is 0 Å². The van der Waals surface area contributed by atoms with Gasteiger partial charge in [-0.1, -0.05) is 13.8 Å². The SMILES string of the molecule is CC(C)C(NC(=O)C(N)CC(=O)O)C(=O)NC(CC(N)=O)C(=O)NC(C(=O)O)C(C)O. The maximum atomic E-state index is 12.6. The van der Waals surface area contributed by atoms with Crippen LogP contribution in [-0.4, -0.2) is 81.2 Å². The number of primary amides is 1. The van der Waals surface area contributed by atoms with E-state index in [4.69, 9.17) is 21.7 Å². The van der Waals surface area contributed by atoms with Crippen LogP contribution in [0.2, 0.25) is 0 Å². The van der Waals surface area contributed by atoms with E-state index in [2.05, 4.69) is 10.6 Å². The zero-order chi connectivity index (χ0) is 24.5. The van der Waals surface area contributed by atoms with Crippen LogP contribution in [0.4, 0.5) is 0 Å². The Hall–Kier alpha value is -3.26. The minimum atomic E-state index is -1.71. The monoisotopic (exact) mass is 447 g/mol. The summed E-state index contributed by atoms with van der Waals surface area (Å²) in [5.74, 6) is -7.34. The molecule has 0 aromatic heterocycles. The number of carbonyl (C=O) groups excluding carboxylic acids is 4. The van der Waals surface area contributed by atoms with E-state index in [0.717, 1.165) is 6.92 Å². The Balaban J connectivity index is 5.46. The third-order valence-electron chi connectivity index (χ3n) is 4.06. The lowest BCUT2D eigenvalue weighted by molar-refractivity contribution is -0.145. The molecule has 0 spiro atoms. The van der Waals surface area contributed by atoms with E-state index in [1.807, 2.05) is 5.32 Å². The van der Waals surface area contributed by atoms with Gasteiger partial charge >= 0.3 is 11.9 Å². The molecule has 0 aromatic rings. The molecular weight excluding hydrogens is 418 g/mol. The number of hydrogen-bond acceptors (Lipinski definition) is 8. The van der Waals surface area contributed by atoms with E-state index in [9.17, 15) is 33.9 Å². The lowest BCUT2D eigenvalue weighted by Gasteiger charge is -2.26. The number of nitrogens with one attached hydrogen (secondary N) is 3. The van der Waals surface area contributed by atoms with Crippen LogP contribution in [0.3, 0.4) is 0 Å². The van der Waals surface area contributed by atoms with Crippen LogP contribution in [0.25, 0.3) is 0 Å². The van der Waals surface area contributed by atoms with Crippen molar-refractivity contribution in [2.45, 2.75) is 63.9 Å². The molecule has 0 aromatic carbocycles. The fourth-order valence-electron chi connectivity index (χ4n) is 2.39. The first-order valence-corrected chi connectivity index (χ1v) is 9.25. The molecule has 4 amide bonds. The molecule has 14 heteroatoms. The molecule has 5 unspecified atom stereocenters. The molecule has 5 atom stereocenters.